The number of nitrogens with one attached hydrogen (secondary N) is 1. The second-order valence-electron chi connectivity index (χ2n) is 4.92. The van der Waals surface area contributed by atoms with Crippen LogP contribution in [0.25, 0.3) is 0 Å². The SMILES string of the molecule is CC(CNS(=O)(=O)c1ccc(CCN)s1)c1ccccc1. The molecule has 114 valence electrons. The van der Waals surface area contributed by atoms with Crippen LogP contribution >= 0.6 is 11.3 Å². The fourth-order valence-corrected chi connectivity index (χ4v) is 4.53. The maximum Gasteiger partial charge on any atom is 0.250 e. The first-order chi connectivity index (χ1) is 10.0. The fraction of sp³-hybridized carbons (Fsp3) is 0.333. The minimum atomic E-state index is -3.43. The van der Waals surface area contributed by atoms with Crippen LogP contribution in [0.4, 0.5) is 0 Å². The molecule has 0 bridgehead atoms. The Morgan fingerprint density at radius 2 is 1.90 bits per heavy atom. The summed E-state index contributed by atoms with van der Waals surface area (Å²) in [7, 11) is -3.43. The highest BCUT2D eigenvalue weighted by Gasteiger charge is 2.18. The first-order valence-electron chi connectivity index (χ1n) is 6.86. The molecule has 1 atom stereocenters. The average Bonchev–Trinajstić information content (AvgIpc) is 2.96. The Morgan fingerprint density at radius 3 is 2.57 bits per heavy atom. The fourth-order valence-electron chi connectivity index (χ4n) is 1.98. The van der Waals surface area contributed by atoms with Gasteiger partial charge in [0.25, 0.3) is 0 Å². The van der Waals surface area contributed by atoms with Gasteiger partial charge in [0, 0.05) is 11.4 Å². The van der Waals surface area contributed by atoms with Crippen molar-refractivity contribution in [1.82, 2.24) is 4.72 Å². The first-order valence-corrected chi connectivity index (χ1v) is 9.16. The van der Waals surface area contributed by atoms with Gasteiger partial charge in [-0.05, 0) is 36.6 Å². The molecule has 4 nitrogen and oxygen atoms in total. The lowest BCUT2D eigenvalue weighted by atomic mass is 10.0. The zero-order chi connectivity index (χ0) is 15.3. The van der Waals surface area contributed by atoms with Crippen molar-refractivity contribution in [2.45, 2.75) is 23.5 Å². The highest BCUT2D eigenvalue weighted by Crippen LogP contribution is 2.22. The van der Waals surface area contributed by atoms with E-state index in [2.05, 4.69) is 4.72 Å². The molecule has 0 spiro atoms. The van der Waals surface area contributed by atoms with E-state index in [1.165, 1.54) is 11.3 Å². The third-order valence-corrected chi connectivity index (χ3v) is 6.30. The van der Waals surface area contributed by atoms with E-state index in [9.17, 15) is 8.42 Å². The van der Waals surface area contributed by atoms with Crippen molar-refractivity contribution in [3.8, 4) is 0 Å². The summed E-state index contributed by atoms with van der Waals surface area (Å²) >= 11 is 1.28. The Bertz CT molecular complexity index is 666. The largest absolute Gasteiger partial charge is 0.330 e. The van der Waals surface area contributed by atoms with Crippen LogP contribution in [0.2, 0.25) is 0 Å². The lowest BCUT2D eigenvalue weighted by Gasteiger charge is -2.12. The van der Waals surface area contributed by atoms with Crippen LogP contribution in [0.1, 0.15) is 23.3 Å². The maximum atomic E-state index is 12.3. The van der Waals surface area contributed by atoms with Crippen molar-refractivity contribution in [2.24, 2.45) is 5.73 Å². The predicted octanol–water partition coefficient (Wildman–Crippen LogP) is 2.33. The second kappa shape index (κ2) is 7.17. The van der Waals surface area contributed by atoms with Crippen molar-refractivity contribution >= 4 is 21.4 Å². The van der Waals surface area contributed by atoms with Crippen molar-refractivity contribution in [2.75, 3.05) is 13.1 Å². The Morgan fingerprint density at radius 1 is 1.19 bits per heavy atom. The van der Waals surface area contributed by atoms with Gasteiger partial charge in [0.1, 0.15) is 4.21 Å². The van der Waals surface area contributed by atoms with E-state index in [1.54, 1.807) is 6.07 Å². The molecule has 0 aliphatic rings. The van der Waals surface area contributed by atoms with Crippen LogP contribution in [0.15, 0.2) is 46.7 Å². The van der Waals surface area contributed by atoms with Crippen molar-refractivity contribution in [3.05, 3.63) is 52.9 Å². The topological polar surface area (TPSA) is 72.2 Å². The van der Waals surface area contributed by atoms with Crippen LogP contribution in [-0.2, 0) is 16.4 Å². The lowest BCUT2D eigenvalue weighted by Crippen LogP contribution is -2.27. The molecule has 2 rings (SSSR count). The van der Waals surface area contributed by atoms with Crippen LogP contribution in [-0.4, -0.2) is 21.5 Å². The molecule has 0 radical (unpaired) electrons. The monoisotopic (exact) mass is 324 g/mol. The van der Waals surface area contributed by atoms with E-state index in [4.69, 9.17) is 5.73 Å². The standard InChI is InChI=1S/C15H20N2O2S2/c1-12(13-5-3-2-4-6-13)11-17-21(18,19)15-8-7-14(20-15)9-10-16/h2-8,12,17H,9-11,16H2,1H3. The van der Waals surface area contributed by atoms with Gasteiger partial charge in [0.2, 0.25) is 10.0 Å². The summed E-state index contributed by atoms with van der Waals surface area (Å²) < 4.78 is 27.5. The van der Waals surface area contributed by atoms with E-state index < -0.39 is 10.0 Å². The zero-order valence-corrected chi connectivity index (χ0v) is 13.6. The molecule has 6 heteroatoms. The number of thiophene rings is 1. The van der Waals surface area contributed by atoms with Gasteiger partial charge in [-0.3, -0.25) is 0 Å². The van der Waals surface area contributed by atoms with Crippen LogP contribution in [0.5, 0.6) is 0 Å². The van der Waals surface area contributed by atoms with Gasteiger partial charge in [-0.25, -0.2) is 13.1 Å². The Hall–Kier alpha value is -1.21. The van der Waals surface area contributed by atoms with Gasteiger partial charge in [-0.15, -0.1) is 11.3 Å². The summed E-state index contributed by atoms with van der Waals surface area (Å²) in [5, 5.41) is 0. The van der Waals surface area contributed by atoms with Gasteiger partial charge >= 0.3 is 0 Å². The average molecular weight is 324 g/mol. The van der Waals surface area contributed by atoms with Crippen LogP contribution in [0, 0.1) is 0 Å². The molecule has 0 aliphatic carbocycles. The number of benzene rings is 1. The molecule has 0 saturated carbocycles. The Kier molecular flexibility index (Phi) is 5.52. The molecule has 2 aromatic rings. The molecule has 0 saturated heterocycles. The quantitative estimate of drug-likeness (QED) is 0.821. The molecule has 1 unspecified atom stereocenters. The van der Waals surface area contributed by atoms with Gasteiger partial charge in [-0.2, -0.15) is 0 Å². The molecule has 0 aliphatic heterocycles. The minimum Gasteiger partial charge on any atom is -0.330 e. The summed E-state index contributed by atoms with van der Waals surface area (Å²) in [5.41, 5.74) is 6.60. The maximum absolute atomic E-state index is 12.3. The molecule has 21 heavy (non-hydrogen) atoms. The summed E-state index contributed by atoms with van der Waals surface area (Å²) in [6, 6.07) is 13.3. The normalized spacial score (nSPS) is 13.2. The van der Waals surface area contributed by atoms with Crippen molar-refractivity contribution < 1.29 is 8.42 Å². The first kappa shape index (κ1) is 16.2. The number of hydrogen-bond donors (Lipinski definition) is 2. The summed E-state index contributed by atoms with van der Waals surface area (Å²) in [5.74, 6) is 0.129. The van der Waals surface area contributed by atoms with E-state index in [0.29, 0.717) is 23.7 Å². The van der Waals surface area contributed by atoms with E-state index in [1.807, 2.05) is 43.3 Å². The minimum absolute atomic E-state index is 0.129. The third kappa shape index (κ3) is 4.38. The van der Waals surface area contributed by atoms with E-state index >= 15 is 0 Å². The van der Waals surface area contributed by atoms with Crippen LogP contribution < -0.4 is 10.5 Å². The molecular formula is C15H20N2O2S2. The number of rotatable bonds is 7. The van der Waals surface area contributed by atoms with Crippen molar-refractivity contribution in [3.63, 3.8) is 0 Å². The van der Waals surface area contributed by atoms with Crippen molar-refractivity contribution in [1.29, 1.82) is 0 Å². The molecule has 0 fully saturated rings. The summed E-state index contributed by atoms with van der Waals surface area (Å²) in [6.07, 6.45) is 0.709. The molecule has 0 amide bonds. The number of sulfonamides is 1. The Labute approximate surface area is 130 Å². The predicted molar refractivity (Wildman–Crippen MR) is 87.1 cm³/mol. The van der Waals surface area contributed by atoms with Gasteiger partial charge in [0.05, 0.1) is 0 Å². The molecule has 1 heterocycles. The highest BCUT2D eigenvalue weighted by molar-refractivity contribution is 7.91. The summed E-state index contributed by atoms with van der Waals surface area (Å²) in [4.78, 5) is 0.994. The smallest absolute Gasteiger partial charge is 0.250 e. The number of nitrogens with two attached hydrogens (primary N) is 1. The van der Waals surface area contributed by atoms with E-state index in [0.717, 1.165) is 10.4 Å². The summed E-state index contributed by atoms with van der Waals surface area (Å²) in [6.45, 7) is 2.92. The van der Waals surface area contributed by atoms with Gasteiger partial charge in [-0.1, -0.05) is 37.3 Å². The molecule has 3 N–H and O–H groups in total. The molecule has 1 aromatic heterocycles. The molecule has 1 aromatic carbocycles. The van der Waals surface area contributed by atoms with Gasteiger partial charge in [0.15, 0.2) is 0 Å². The lowest BCUT2D eigenvalue weighted by molar-refractivity contribution is 0.577. The third-order valence-electron chi connectivity index (χ3n) is 3.24. The molecular weight excluding hydrogens is 304 g/mol. The van der Waals surface area contributed by atoms with Gasteiger partial charge < -0.3 is 5.73 Å². The Balaban J connectivity index is 2.00. The van der Waals surface area contributed by atoms with Crippen LogP contribution in [0.3, 0.4) is 0 Å². The highest BCUT2D eigenvalue weighted by atomic mass is 32.2. The second-order valence-corrected chi connectivity index (χ2v) is 8.09. The zero-order valence-electron chi connectivity index (χ0n) is 12.0. The van der Waals surface area contributed by atoms with E-state index in [-0.39, 0.29) is 5.92 Å². The number of hydrogen-bond acceptors (Lipinski definition) is 4.